The molecule has 1 rings (SSSR count). The zero-order valence-corrected chi connectivity index (χ0v) is 10.1. The van der Waals surface area contributed by atoms with Crippen LogP contribution in [0.3, 0.4) is 0 Å². The smallest absolute Gasteiger partial charge is 0.317 e. The molecule has 0 amide bonds. The highest BCUT2D eigenvalue weighted by atomic mass is 16.4. The SMILES string of the molecule is CC(C)(CO)N(CC(=O)O)Cc1ccccn1. The molecule has 0 saturated carbocycles. The zero-order valence-electron chi connectivity index (χ0n) is 10.1. The van der Waals surface area contributed by atoms with Crippen LogP contribution in [0.4, 0.5) is 0 Å². The van der Waals surface area contributed by atoms with E-state index >= 15 is 0 Å². The third-order valence-electron chi connectivity index (χ3n) is 2.65. The summed E-state index contributed by atoms with van der Waals surface area (Å²) in [6.45, 7) is 3.79. The lowest BCUT2D eigenvalue weighted by molar-refractivity contribution is -0.140. The van der Waals surface area contributed by atoms with Gasteiger partial charge in [-0.3, -0.25) is 14.7 Å². The lowest BCUT2D eigenvalue weighted by atomic mass is 10.0. The van der Waals surface area contributed by atoms with Gasteiger partial charge in [-0.25, -0.2) is 0 Å². The molecule has 0 saturated heterocycles. The molecule has 0 aromatic carbocycles. The van der Waals surface area contributed by atoms with Crippen molar-refractivity contribution in [3.8, 4) is 0 Å². The second-order valence-electron chi connectivity index (χ2n) is 4.54. The van der Waals surface area contributed by atoms with Crippen LogP contribution in [0.2, 0.25) is 0 Å². The first-order valence-corrected chi connectivity index (χ1v) is 5.43. The molecule has 0 aliphatic carbocycles. The normalized spacial score (nSPS) is 11.8. The number of carboxylic acids is 1. The Balaban J connectivity index is 2.81. The summed E-state index contributed by atoms with van der Waals surface area (Å²) in [6, 6.07) is 5.50. The molecule has 5 heteroatoms. The molecule has 1 heterocycles. The van der Waals surface area contributed by atoms with E-state index in [1.807, 2.05) is 18.2 Å². The molecule has 0 spiro atoms. The number of hydrogen-bond donors (Lipinski definition) is 2. The fourth-order valence-electron chi connectivity index (χ4n) is 1.43. The predicted octanol–water partition coefficient (Wildman–Crippen LogP) is 0.739. The summed E-state index contributed by atoms with van der Waals surface area (Å²) in [5.41, 5.74) is 0.200. The van der Waals surface area contributed by atoms with Gasteiger partial charge in [-0.15, -0.1) is 0 Å². The molecule has 1 aromatic rings. The fourth-order valence-corrected chi connectivity index (χ4v) is 1.43. The van der Waals surface area contributed by atoms with Crippen LogP contribution in [0.5, 0.6) is 0 Å². The number of carboxylic acid groups (broad SMARTS) is 1. The molecular formula is C12H18N2O3. The third-order valence-corrected chi connectivity index (χ3v) is 2.65. The van der Waals surface area contributed by atoms with E-state index in [0.29, 0.717) is 6.54 Å². The fraction of sp³-hybridized carbons (Fsp3) is 0.500. The molecule has 0 bridgehead atoms. The van der Waals surface area contributed by atoms with Gasteiger partial charge < -0.3 is 10.2 Å². The quantitative estimate of drug-likeness (QED) is 0.764. The first-order valence-electron chi connectivity index (χ1n) is 5.43. The minimum Gasteiger partial charge on any atom is -0.480 e. The molecule has 0 fully saturated rings. The Morgan fingerprint density at radius 1 is 1.47 bits per heavy atom. The number of aliphatic hydroxyl groups excluding tert-OH is 1. The standard InChI is InChI=1S/C12H18N2O3/c1-12(2,9-15)14(8-11(16)17)7-10-5-3-4-6-13-10/h3-6,15H,7-9H2,1-2H3,(H,16,17). The number of aromatic nitrogens is 1. The van der Waals surface area contributed by atoms with Crippen LogP contribution in [0.1, 0.15) is 19.5 Å². The summed E-state index contributed by atoms with van der Waals surface area (Å²) in [6.07, 6.45) is 1.67. The highest BCUT2D eigenvalue weighted by Gasteiger charge is 2.27. The van der Waals surface area contributed by atoms with E-state index in [9.17, 15) is 9.90 Å². The van der Waals surface area contributed by atoms with Crippen molar-refractivity contribution in [1.82, 2.24) is 9.88 Å². The van der Waals surface area contributed by atoms with E-state index in [0.717, 1.165) is 5.69 Å². The zero-order chi connectivity index (χ0) is 12.9. The van der Waals surface area contributed by atoms with Gasteiger partial charge in [0, 0.05) is 18.3 Å². The number of carbonyl (C=O) groups is 1. The Labute approximate surface area is 101 Å². The second-order valence-corrected chi connectivity index (χ2v) is 4.54. The number of hydrogen-bond acceptors (Lipinski definition) is 4. The van der Waals surface area contributed by atoms with Crippen LogP contribution in [0.15, 0.2) is 24.4 Å². The Morgan fingerprint density at radius 3 is 2.65 bits per heavy atom. The van der Waals surface area contributed by atoms with Crippen LogP contribution in [-0.2, 0) is 11.3 Å². The van der Waals surface area contributed by atoms with Crippen LogP contribution in [-0.4, -0.2) is 44.8 Å². The molecule has 17 heavy (non-hydrogen) atoms. The molecule has 1 aromatic heterocycles. The minimum atomic E-state index is -0.914. The summed E-state index contributed by atoms with van der Waals surface area (Å²) < 4.78 is 0. The van der Waals surface area contributed by atoms with Gasteiger partial charge in [0.25, 0.3) is 0 Å². The van der Waals surface area contributed by atoms with E-state index in [4.69, 9.17) is 5.11 Å². The van der Waals surface area contributed by atoms with Crippen molar-refractivity contribution in [3.63, 3.8) is 0 Å². The molecule has 94 valence electrons. The Morgan fingerprint density at radius 2 is 2.18 bits per heavy atom. The van der Waals surface area contributed by atoms with Crippen LogP contribution in [0.25, 0.3) is 0 Å². The molecule has 5 nitrogen and oxygen atoms in total. The number of aliphatic hydroxyl groups is 1. The molecule has 2 N–H and O–H groups in total. The molecule has 0 radical (unpaired) electrons. The Hall–Kier alpha value is -1.46. The van der Waals surface area contributed by atoms with Crippen LogP contribution < -0.4 is 0 Å². The lowest BCUT2D eigenvalue weighted by Gasteiger charge is -2.35. The maximum atomic E-state index is 10.8. The number of rotatable bonds is 6. The highest BCUT2D eigenvalue weighted by Crippen LogP contribution is 2.16. The number of pyridine rings is 1. The lowest BCUT2D eigenvalue weighted by Crippen LogP contribution is -2.48. The van der Waals surface area contributed by atoms with Crippen molar-refractivity contribution < 1.29 is 15.0 Å². The third kappa shape index (κ3) is 4.13. The van der Waals surface area contributed by atoms with Gasteiger partial charge in [-0.05, 0) is 26.0 Å². The summed E-state index contributed by atoms with van der Waals surface area (Å²) in [7, 11) is 0. The van der Waals surface area contributed by atoms with Crippen molar-refractivity contribution in [3.05, 3.63) is 30.1 Å². The van der Waals surface area contributed by atoms with Crippen LogP contribution >= 0.6 is 0 Å². The van der Waals surface area contributed by atoms with Crippen molar-refractivity contribution in [2.75, 3.05) is 13.2 Å². The van der Waals surface area contributed by atoms with Gasteiger partial charge in [-0.1, -0.05) is 6.07 Å². The predicted molar refractivity (Wildman–Crippen MR) is 63.4 cm³/mol. The van der Waals surface area contributed by atoms with Gasteiger partial charge >= 0.3 is 5.97 Å². The van der Waals surface area contributed by atoms with Crippen LogP contribution in [0, 0.1) is 0 Å². The maximum absolute atomic E-state index is 10.8. The van der Waals surface area contributed by atoms with E-state index < -0.39 is 11.5 Å². The Bertz CT molecular complexity index is 365. The van der Waals surface area contributed by atoms with Crippen molar-refractivity contribution in [2.24, 2.45) is 0 Å². The molecule has 0 aliphatic heterocycles. The Kier molecular flexibility index (Phi) is 4.60. The van der Waals surface area contributed by atoms with Crippen molar-refractivity contribution in [2.45, 2.75) is 25.9 Å². The first-order chi connectivity index (χ1) is 7.95. The van der Waals surface area contributed by atoms with Crippen molar-refractivity contribution in [1.29, 1.82) is 0 Å². The van der Waals surface area contributed by atoms with Gasteiger partial charge in [-0.2, -0.15) is 0 Å². The maximum Gasteiger partial charge on any atom is 0.317 e. The van der Waals surface area contributed by atoms with E-state index in [2.05, 4.69) is 4.98 Å². The first kappa shape index (κ1) is 13.6. The molecule has 0 unspecified atom stereocenters. The van der Waals surface area contributed by atoms with Gasteiger partial charge in [0.1, 0.15) is 0 Å². The molecular weight excluding hydrogens is 220 g/mol. The number of nitrogens with zero attached hydrogens (tertiary/aromatic N) is 2. The molecule has 0 atom stereocenters. The second kappa shape index (κ2) is 5.75. The van der Waals surface area contributed by atoms with Gasteiger partial charge in [0.15, 0.2) is 0 Å². The summed E-state index contributed by atoms with van der Waals surface area (Å²) >= 11 is 0. The van der Waals surface area contributed by atoms with Gasteiger partial charge in [0.05, 0.1) is 18.8 Å². The van der Waals surface area contributed by atoms with Gasteiger partial charge in [0.2, 0.25) is 0 Å². The summed E-state index contributed by atoms with van der Waals surface area (Å²) in [5.74, 6) is -0.914. The number of aliphatic carboxylic acids is 1. The molecule has 0 aliphatic rings. The average molecular weight is 238 g/mol. The van der Waals surface area contributed by atoms with Crippen molar-refractivity contribution >= 4 is 5.97 Å². The van der Waals surface area contributed by atoms with E-state index in [-0.39, 0.29) is 13.2 Å². The van der Waals surface area contributed by atoms with E-state index in [1.165, 1.54) is 0 Å². The summed E-state index contributed by atoms with van der Waals surface area (Å²) in [4.78, 5) is 16.7. The average Bonchev–Trinajstić information content (AvgIpc) is 2.29. The minimum absolute atomic E-state index is 0.104. The highest BCUT2D eigenvalue weighted by molar-refractivity contribution is 5.69. The topological polar surface area (TPSA) is 73.7 Å². The largest absolute Gasteiger partial charge is 0.480 e. The monoisotopic (exact) mass is 238 g/mol. The van der Waals surface area contributed by atoms with E-state index in [1.54, 1.807) is 24.9 Å². The summed E-state index contributed by atoms with van der Waals surface area (Å²) in [5, 5.41) is 18.2.